The van der Waals surface area contributed by atoms with Crippen LogP contribution in [0.4, 0.5) is 0 Å². The zero-order valence-electron chi connectivity index (χ0n) is 43.3. The predicted octanol–water partition coefficient (Wildman–Crippen LogP) is 21.1. The molecule has 56 heavy (non-hydrogen) atoms. The zero-order chi connectivity index (χ0) is 46.3. The molecular formula is C56H106. The van der Waals surface area contributed by atoms with E-state index in [1.54, 1.807) is 12.2 Å². The van der Waals surface area contributed by atoms with Gasteiger partial charge >= 0.3 is 0 Å². The van der Waals surface area contributed by atoms with E-state index in [2.05, 4.69) is 195 Å². The molecule has 0 fully saturated rings. The van der Waals surface area contributed by atoms with Crippen LogP contribution in [0.5, 0.6) is 0 Å². The van der Waals surface area contributed by atoms with Gasteiger partial charge in [-0.05, 0) is 106 Å². The Balaban J connectivity index is -0.0000000847. The van der Waals surface area contributed by atoms with Gasteiger partial charge in [0, 0.05) is 5.92 Å². The smallest absolute Gasteiger partial charge is 0.00194 e. The summed E-state index contributed by atoms with van der Waals surface area (Å²) in [6.45, 7) is 66.0. The Morgan fingerprint density at radius 1 is 0.661 bits per heavy atom. The summed E-state index contributed by atoms with van der Waals surface area (Å²) in [5, 5.41) is 0. The summed E-state index contributed by atoms with van der Waals surface area (Å²) in [7, 11) is 0. The number of hydrogen-bond donors (Lipinski definition) is 0. The summed E-state index contributed by atoms with van der Waals surface area (Å²) in [5.74, 6) is 0.475. The van der Waals surface area contributed by atoms with Gasteiger partial charge in [0.05, 0.1) is 0 Å². The monoisotopic (exact) mass is 779 g/mol. The van der Waals surface area contributed by atoms with Crippen LogP contribution in [0.25, 0.3) is 0 Å². The molecule has 0 heterocycles. The van der Waals surface area contributed by atoms with Crippen molar-refractivity contribution in [3.63, 3.8) is 0 Å². The van der Waals surface area contributed by atoms with Crippen molar-refractivity contribution in [1.29, 1.82) is 0 Å². The molecule has 0 aliphatic carbocycles. The molecule has 0 nitrogen and oxygen atoms in total. The van der Waals surface area contributed by atoms with Crippen LogP contribution in [0.15, 0.2) is 131 Å². The highest BCUT2D eigenvalue weighted by atomic mass is 14.1. The van der Waals surface area contributed by atoms with Gasteiger partial charge in [-0.25, -0.2) is 0 Å². The summed E-state index contributed by atoms with van der Waals surface area (Å²) in [4.78, 5) is 0. The summed E-state index contributed by atoms with van der Waals surface area (Å²) in [6, 6.07) is 0. The minimum Gasteiger partial charge on any atom is -0.103 e. The number of hydrogen-bond acceptors (Lipinski definition) is 0. The Morgan fingerprint density at radius 3 is 1.32 bits per heavy atom. The van der Waals surface area contributed by atoms with Crippen LogP contribution in [0.2, 0.25) is 0 Å². The highest BCUT2D eigenvalue weighted by molar-refractivity contribution is 5.34. The van der Waals surface area contributed by atoms with Crippen molar-refractivity contribution in [2.24, 2.45) is 11.3 Å². The maximum Gasteiger partial charge on any atom is 0.00194 e. The maximum absolute atomic E-state index is 3.81. The van der Waals surface area contributed by atoms with Crippen molar-refractivity contribution in [3.8, 4) is 0 Å². The average molecular weight is 779 g/mol. The molecule has 0 bridgehead atoms. The molecule has 0 saturated carbocycles. The van der Waals surface area contributed by atoms with Gasteiger partial charge in [-0.2, -0.15) is 0 Å². The molecule has 0 aromatic heterocycles. The first-order valence-corrected chi connectivity index (χ1v) is 22.0. The quantitative estimate of drug-likeness (QED) is 0.0936. The van der Waals surface area contributed by atoms with Crippen LogP contribution < -0.4 is 0 Å². The normalized spacial score (nSPS) is 11.5. The van der Waals surface area contributed by atoms with Crippen molar-refractivity contribution in [1.82, 2.24) is 0 Å². The van der Waals surface area contributed by atoms with Gasteiger partial charge in [-0.3, -0.25) is 0 Å². The molecule has 1 unspecified atom stereocenters. The first-order chi connectivity index (χ1) is 25.9. The lowest BCUT2D eigenvalue weighted by atomic mass is 9.89. The first kappa shape index (κ1) is 70.9. The second-order valence-corrected chi connectivity index (χ2v) is 16.2. The molecule has 0 spiro atoms. The number of unbranched alkanes of at least 4 members (excludes halogenated alkanes) is 3. The van der Waals surface area contributed by atoms with E-state index in [-0.39, 0.29) is 0 Å². The third kappa shape index (κ3) is 79.8. The van der Waals surface area contributed by atoms with Crippen molar-refractivity contribution in [2.45, 2.75) is 218 Å². The SMILES string of the molecule is C=C/C=C(C)\C=C/CC(=C)C.C=C/C=C(\C=C(C)C)C(C)C(C)=C(C)C.C=CC.CC.CC(C)(C)C.CC/C(C)=C(C)\C=C(/C)CC.CCC.CCCCCC. The fourth-order valence-electron chi connectivity index (χ4n) is 3.53. The Kier molecular flexibility index (Phi) is 68.7. The minimum atomic E-state index is 0.475. The van der Waals surface area contributed by atoms with E-state index in [4.69, 9.17) is 0 Å². The van der Waals surface area contributed by atoms with Crippen molar-refractivity contribution in [3.05, 3.63) is 131 Å². The third-order valence-electron chi connectivity index (χ3n) is 7.11. The zero-order valence-corrected chi connectivity index (χ0v) is 43.3. The molecule has 1 atom stereocenters. The van der Waals surface area contributed by atoms with E-state index in [1.165, 1.54) is 88.7 Å². The van der Waals surface area contributed by atoms with Gasteiger partial charge < -0.3 is 0 Å². The average Bonchev–Trinajstić information content (AvgIpc) is 3.10. The summed E-state index contributed by atoms with van der Waals surface area (Å²) < 4.78 is 0. The lowest BCUT2D eigenvalue weighted by Gasteiger charge is -2.16. The second kappa shape index (κ2) is 54.2. The Hall–Kier alpha value is -2.86. The maximum atomic E-state index is 3.81. The fourth-order valence-corrected chi connectivity index (χ4v) is 3.53. The summed E-state index contributed by atoms with van der Waals surface area (Å²) in [6.07, 6.45) is 28.3. The van der Waals surface area contributed by atoms with Gasteiger partial charge in [0.25, 0.3) is 0 Å². The lowest BCUT2D eigenvalue weighted by Crippen LogP contribution is -2.01. The molecule has 0 rings (SSSR count). The van der Waals surface area contributed by atoms with E-state index >= 15 is 0 Å². The molecule has 0 radical (unpaired) electrons. The van der Waals surface area contributed by atoms with E-state index in [9.17, 15) is 0 Å². The van der Waals surface area contributed by atoms with Gasteiger partial charge in [0.2, 0.25) is 0 Å². The van der Waals surface area contributed by atoms with E-state index in [0.29, 0.717) is 11.3 Å². The number of rotatable bonds is 14. The van der Waals surface area contributed by atoms with Crippen molar-refractivity contribution in [2.75, 3.05) is 0 Å². The highest BCUT2D eigenvalue weighted by Gasteiger charge is 2.09. The van der Waals surface area contributed by atoms with Crippen molar-refractivity contribution >= 4 is 0 Å². The summed E-state index contributed by atoms with van der Waals surface area (Å²) in [5.41, 5.74) is 12.8. The predicted molar refractivity (Wildman–Crippen MR) is 274 cm³/mol. The topological polar surface area (TPSA) is 0 Å². The van der Waals surface area contributed by atoms with Gasteiger partial charge in [0.15, 0.2) is 0 Å². The molecule has 0 aromatic rings. The molecule has 0 aliphatic rings. The second-order valence-electron chi connectivity index (χ2n) is 16.2. The van der Waals surface area contributed by atoms with Crippen LogP contribution >= 0.6 is 0 Å². The first-order valence-electron chi connectivity index (χ1n) is 22.0. The largest absolute Gasteiger partial charge is 0.103 e. The van der Waals surface area contributed by atoms with E-state index < -0.39 is 0 Å². The lowest BCUT2D eigenvalue weighted by molar-refractivity contribution is 0.469. The standard InChI is InChI=1S/C15H24.C11H20.C11H16.C6H14.C5H12.C3H8.C3H6.C2H6/c1-8-9-15(10-11(2)3)14(7)13(6)12(4)5;1-6-9(3)8-11(5)10(4)7-2;1-5-7-11(4)9-6-8-10(2)3;1-3-5-6-4-2;1-5(2,3)4;2*1-3-2;1-2/h8-10,14H,1H2,2-7H3;8H,6-7H2,1-5H3;5-7,9H,1-2,8H2,3-4H3;3-6H2,1-2H3;1-4H3;3H2,1-2H3;3H,1H2,2H3;1-2H3/b15-9+;9-8+,11-10-;9-6-,11-7-;;;;;. The molecule has 0 saturated heterocycles. The van der Waals surface area contributed by atoms with E-state index in [0.717, 1.165) is 12.8 Å². The Labute approximate surface area is 358 Å². The molecule has 0 aromatic carbocycles. The molecule has 330 valence electrons. The molecule has 0 heteroatoms. The molecular weight excluding hydrogens is 673 g/mol. The van der Waals surface area contributed by atoms with Crippen LogP contribution in [0.1, 0.15) is 218 Å². The van der Waals surface area contributed by atoms with Gasteiger partial charge in [-0.1, -0.05) is 241 Å². The van der Waals surface area contributed by atoms with E-state index in [1.807, 2.05) is 39.8 Å². The molecule has 0 amide bonds. The summed E-state index contributed by atoms with van der Waals surface area (Å²) >= 11 is 0. The third-order valence-corrected chi connectivity index (χ3v) is 7.11. The number of allylic oxidation sites excluding steroid dienone is 18. The van der Waals surface area contributed by atoms with Gasteiger partial charge in [-0.15, -0.1) is 6.58 Å². The van der Waals surface area contributed by atoms with Crippen molar-refractivity contribution < 1.29 is 0 Å². The van der Waals surface area contributed by atoms with Gasteiger partial charge in [0.1, 0.15) is 0 Å². The molecule has 0 aliphatic heterocycles. The Bertz CT molecular complexity index is 1100. The molecule has 0 N–H and O–H groups in total. The Morgan fingerprint density at radius 2 is 1.05 bits per heavy atom. The van der Waals surface area contributed by atoms with Crippen LogP contribution in [0, 0.1) is 11.3 Å². The highest BCUT2D eigenvalue weighted by Crippen LogP contribution is 2.24. The van der Waals surface area contributed by atoms with Crippen LogP contribution in [0.3, 0.4) is 0 Å². The van der Waals surface area contributed by atoms with Crippen LogP contribution in [-0.4, -0.2) is 0 Å². The minimum absolute atomic E-state index is 0.475. The fraction of sp³-hybridized carbons (Fsp3) is 0.607. The van der Waals surface area contributed by atoms with Crippen LogP contribution in [-0.2, 0) is 0 Å².